The summed E-state index contributed by atoms with van der Waals surface area (Å²) < 4.78 is 5.86. The van der Waals surface area contributed by atoms with Gasteiger partial charge in [0, 0.05) is 49.3 Å². The fourth-order valence-corrected chi connectivity index (χ4v) is 4.58. The first-order valence-corrected chi connectivity index (χ1v) is 12.7. The Kier molecular flexibility index (Phi) is 7.40. The fraction of sp³-hybridized carbons (Fsp3) is 0.267. The van der Waals surface area contributed by atoms with Crippen LogP contribution < -0.4 is 0 Å². The molecule has 1 aromatic heterocycles. The lowest BCUT2D eigenvalue weighted by Gasteiger charge is -2.35. The van der Waals surface area contributed by atoms with Crippen LogP contribution in [0, 0.1) is 6.92 Å². The Labute approximate surface area is 216 Å². The van der Waals surface area contributed by atoms with Gasteiger partial charge < -0.3 is 14.2 Å². The van der Waals surface area contributed by atoms with Crippen LogP contribution >= 0.6 is 0 Å². The van der Waals surface area contributed by atoms with E-state index in [1.165, 1.54) is 5.56 Å². The van der Waals surface area contributed by atoms with Gasteiger partial charge in [-0.25, -0.2) is 0 Å². The Hall–Kier alpha value is -4.26. The van der Waals surface area contributed by atoms with Gasteiger partial charge in [-0.1, -0.05) is 48.0 Å². The summed E-state index contributed by atoms with van der Waals surface area (Å²) in [6.07, 6.45) is 2.27. The molecule has 3 aromatic carbocycles. The number of carbonyl (C=O) groups excluding carboxylic acids is 2. The van der Waals surface area contributed by atoms with Crippen LogP contribution in [0.4, 0.5) is 0 Å². The van der Waals surface area contributed by atoms with Gasteiger partial charge in [-0.3, -0.25) is 9.59 Å². The largest absolute Gasteiger partial charge is 0.416 e. The van der Waals surface area contributed by atoms with Crippen LogP contribution in [0.15, 0.2) is 83.3 Å². The predicted molar refractivity (Wildman–Crippen MR) is 142 cm³/mol. The van der Waals surface area contributed by atoms with Gasteiger partial charge in [-0.2, -0.15) is 0 Å². The minimum Gasteiger partial charge on any atom is -0.416 e. The molecular formula is C30H30N4O3. The maximum Gasteiger partial charge on any atom is 0.253 e. The summed E-state index contributed by atoms with van der Waals surface area (Å²) in [6, 6.07) is 25.4. The van der Waals surface area contributed by atoms with Gasteiger partial charge >= 0.3 is 0 Å². The van der Waals surface area contributed by atoms with Crippen LogP contribution in [-0.4, -0.2) is 58.0 Å². The molecule has 5 rings (SSSR count). The quantitative estimate of drug-likeness (QED) is 0.360. The molecule has 37 heavy (non-hydrogen) atoms. The maximum absolute atomic E-state index is 13.0. The van der Waals surface area contributed by atoms with E-state index in [1.54, 1.807) is 12.1 Å². The lowest BCUT2D eigenvalue weighted by molar-refractivity contribution is -0.132. The molecule has 0 N–H and O–H groups in total. The van der Waals surface area contributed by atoms with Gasteiger partial charge in [0.2, 0.25) is 17.7 Å². The van der Waals surface area contributed by atoms with Crippen molar-refractivity contribution in [3.63, 3.8) is 0 Å². The lowest BCUT2D eigenvalue weighted by atomic mass is 10.1. The number of nitrogens with zero attached hydrogens (tertiary/aromatic N) is 4. The summed E-state index contributed by atoms with van der Waals surface area (Å²) in [5, 5.41) is 8.34. The third-order valence-electron chi connectivity index (χ3n) is 6.69. The highest BCUT2D eigenvalue weighted by atomic mass is 16.4. The standard InChI is InChI=1S/C30H30N4O3/c1-22-7-5-11-26(21-22)29-32-31-28(37-29)24-13-15-25(16-14-24)30(36)34-19-17-33(18-20-34)27(35)12-6-10-23-8-3-2-4-9-23/h2-5,7-9,11,13-16,21H,6,10,12,17-20H2,1H3. The van der Waals surface area contributed by atoms with Crippen LogP contribution in [-0.2, 0) is 11.2 Å². The summed E-state index contributed by atoms with van der Waals surface area (Å²) in [4.78, 5) is 29.3. The van der Waals surface area contributed by atoms with E-state index < -0.39 is 0 Å². The minimum atomic E-state index is -0.0336. The number of hydrogen-bond donors (Lipinski definition) is 0. The first kappa shape index (κ1) is 24.4. The van der Waals surface area contributed by atoms with E-state index in [4.69, 9.17) is 4.42 Å². The van der Waals surface area contributed by atoms with Crippen LogP contribution in [0.2, 0.25) is 0 Å². The van der Waals surface area contributed by atoms with E-state index in [1.807, 2.05) is 71.3 Å². The topological polar surface area (TPSA) is 79.5 Å². The maximum atomic E-state index is 13.0. The number of rotatable bonds is 7. The number of amides is 2. The van der Waals surface area contributed by atoms with E-state index in [-0.39, 0.29) is 11.8 Å². The second kappa shape index (κ2) is 11.2. The molecule has 1 aliphatic heterocycles. The smallest absolute Gasteiger partial charge is 0.253 e. The van der Waals surface area contributed by atoms with Crippen molar-refractivity contribution in [1.82, 2.24) is 20.0 Å². The summed E-state index contributed by atoms with van der Waals surface area (Å²) in [5.74, 6) is 1.01. The van der Waals surface area contributed by atoms with Crippen LogP contribution in [0.25, 0.3) is 22.9 Å². The zero-order valence-electron chi connectivity index (χ0n) is 21.0. The molecule has 1 aliphatic rings. The lowest BCUT2D eigenvalue weighted by Crippen LogP contribution is -2.50. The molecule has 0 spiro atoms. The molecule has 1 saturated heterocycles. The van der Waals surface area contributed by atoms with Gasteiger partial charge in [0.25, 0.3) is 5.91 Å². The second-order valence-electron chi connectivity index (χ2n) is 9.37. The third-order valence-corrected chi connectivity index (χ3v) is 6.69. The Balaban J connectivity index is 1.12. The highest BCUT2D eigenvalue weighted by Gasteiger charge is 2.24. The van der Waals surface area contributed by atoms with Crippen LogP contribution in [0.3, 0.4) is 0 Å². The summed E-state index contributed by atoms with van der Waals surface area (Å²) in [7, 11) is 0. The molecule has 0 unspecified atom stereocenters. The van der Waals surface area contributed by atoms with E-state index in [2.05, 4.69) is 22.3 Å². The van der Waals surface area contributed by atoms with Gasteiger partial charge in [0.15, 0.2) is 0 Å². The Bertz CT molecular complexity index is 1360. The molecule has 0 saturated carbocycles. The number of carbonyl (C=O) groups is 2. The van der Waals surface area contributed by atoms with Crippen molar-refractivity contribution >= 4 is 11.8 Å². The number of piperazine rings is 1. The SMILES string of the molecule is Cc1cccc(-c2nnc(-c3ccc(C(=O)N4CCN(C(=O)CCCc5ccccc5)CC4)cc3)o2)c1. The number of benzene rings is 3. The van der Waals surface area contributed by atoms with Crippen molar-refractivity contribution in [3.8, 4) is 22.9 Å². The summed E-state index contributed by atoms with van der Waals surface area (Å²) in [5.41, 5.74) is 4.61. The van der Waals surface area contributed by atoms with Crippen molar-refractivity contribution in [3.05, 3.63) is 95.6 Å². The first-order valence-electron chi connectivity index (χ1n) is 12.7. The molecule has 0 aliphatic carbocycles. The molecule has 0 radical (unpaired) electrons. The van der Waals surface area contributed by atoms with Crippen molar-refractivity contribution in [2.45, 2.75) is 26.2 Å². The van der Waals surface area contributed by atoms with Crippen molar-refractivity contribution in [2.75, 3.05) is 26.2 Å². The molecule has 188 valence electrons. The normalized spacial score (nSPS) is 13.5. The fourth-order valence-electron chi connectivity index (χ4n) is 4.58. The van der Waals surface area contributed by atoms with E-state index in [0.717, 1.165) is 29.5 Å². The van der Waals surface area contributed by atoms with Gasteiger partial charge in [-0.15, -0.1) is 10.2 Å². The molecule has 0 atom stereocenters. The Morgan fingerprint density at radius 3 is 2.16 bits per heavy atom. The molecule has 7 nitrogen and oxygen atoms in total. The molecule has 7 heteroatoms. The van der Waals surface area contributed by atoms with Crippen molar-refractivity contribution in [1.29, 1.82) is 0 Å². The number of hydrogen-bond acceptors (Lipinski definition) is 5. The molecule has 2 heterocycles. The highest BCUT2D eigenvalue weighted by molar-refractivity contribution is 5.94. The van der Waals surface area contributed by atoms with Gasteiger partial charge in [-0.05, 0) is 61.7 Å². The minimum absolute atomic E-state index is 0.0336. The Morgan fingerprint density at radius 2 is 1.46 bits per heavy atom. The molecule has 2 amide bonds. The zero-order chi connectivity index (χ0) is 25.6. The average Bonchev–Trinajstić information content (AvgIpc) is 3.44. The zero-order valence-corrected chi connectivity index (χ0v) is 21.0. The first-order chi connectivity index (χ1) is 18.1. The monoisotopic (exact) mass is 494 g/mol. The molecule has 1 fully saturated rings. The van der Waals surface area contributed by atoms with Crippen LogP contribution in [0.5, 0.6) is 0 Å². The van der Waals surface area contributed by atoms with Gasteiger partial charge in [0.1, 0.15) is 0 Å². The predicted octanol–water partition coefficient (Wildman–Crippen LogP) is 5.02. The Morgan fingerprint density at radius 1 is 0.784 bits per heavy atom. The number of aryl methyl sites for hydroxylation is 2. The van der Waals surface area contributed by atoms with E-state index in [9.17, 15) is 9.59 Å². The van der Waals surface area contributed by atoms with E-state index in [0.29, 0.717) is 49.9 Å². The average molecular weight is 495 g/mol. The van der Waals surface area contributed by atoms with Crippen molar-refractivity contribution < 1.29 is 14.0 Å². The molecular weight excluding hydrogens is 464 g/mol. The van der Waals surface area contributed by atoms with E-state index >= 15 is 0 Å². The van der Waals surface area contributed by atoms with Gasteiger partial charge in [0.05, 0.1) is 0 Å². The summed E-state index contributed by atoms with van der Waals surface area (Å²) >= 11 is 0. The van der Waals surface area contributed by atoms with Crippen molar-refractivity contribution in [2.24, 2.45) is 0 Å². The second-order valence-corrected chi connectivity index (χ2v) is 9.37. The number of aromatic nitrogens is 2. The van der Waals surface area contributed by atoms with Crippen LogP contribution in [0.1, 0.15) is 34.3 Å². The molecule has 0 bridgehead atoms. The summed E-state index contributed by atoms with van der Waals surface area (Å²) in [6.45, 7) is 4.22. The third kappa shape index (κ3) is 5.94. The molecule has 4 aromatic rings. The highest BCUT2D eigenvalue weighted by Crippen LogP contribution is 2.25.